The minimum absolute atomic E-state index is 0.111. The molecule has 0 aliphatic carbocycles. The maximum atomic E-state index is 10.7. The molecule has 0 fully saturated rings. The van der Waals surface area contributed by atoms with Crippen molar-refractivity contribution in [3.05, 3.63) is 22.0 Å². The Bertz CT molecular complexity index is 399. The standard InChI is InChI=1S/C9H13N3O4/c1-3-8-6-10-9(12(14)15)11(8)4-5-16-7(2)13/h6H,3-5H2,1-2H3. The quantitative estimate of drug-likeness (QED) is 0.424. The second-order valence-corrected chi connectivity index (χ2v) is 3.15. The summed E-state index contributed by atoms with van der Waals surface area (Å²) < 4.78 is 6.19. The molecule has 7 nitrogen and oxygen atoms in total. The van der Waals surface area contributed by atoms with Gasteiger partial charge in [-0.25, -0.2) is 4.57 Å². The van der Waals surface area contributed by atoms with Crippen molar-refractivity contribution in [1.82, 2.24) is 9.55 Å². The van der Waals surface area contributed by atoms with Crippen molar-refractivity contribution in [3.8, 4) is 0 Å². The smallest absolute Gasteiger partial charge is 0.434 e. The van der Waals surface area contributed by atoms with Crippen LogP contribution in [-0.4, -0.2) is 27.1 Å². The van der Waals surface area contributed by atoms with Gasteiger partial charge in [-0.2, -0.15) is 0 Å². The van der Waals surface area contributed by atoms with Crippen LogP contribution in [-0.2, 0) is 22.5 Å². The summed E-state index contributed by atoms with van der Waals surface area (Å²) in [7, 11) is 0. The molecule has 0 spiro atoms. The molecule has 0 aliphatic heterocycles. The fraction of sp³-hybridized carbons (Fsp3) is 0.556. The lowest BCUT2D eigenvalue weighted by Crippen LogP contribution is -2.13. The Morgan fingerprint density at radius 2 is 2.38 bits per heavy atom. The minimum Gasteiger partial charge on any atom is -0.462 e. The van der Waals surface area contributed by atoms with Crippen molar-refractivity contribution in [3.63, 3.8) is 0 Å². The molecule has 88 valence electrons. The summed E-state index contributed by atoms with van der Waals surface area (Å²) in [6, 6.07) is 0. The third-order valence-electron chi connectivity index (χ3n) is 2.06. The summed E-state index contributed by atoms with van der Waals surface area (Å²) in [5.74, 6) is -0.621. The molecule has 0 saturated heterocycles. The molecule has 0 bridgehead atoms. The predicted octanol–water partition coefficient (Wildman–Crippen LogP) is 0.917. The molecule has 1 aromatic heterocycles. The van der Waals surface area contributed by atoms with Gasteiger partial charge in [0.2, 0.25) is 0 Å². The molecular formula is C9H13N3O4. The molecule has 0 saturated carbocycles. The van der Waals surface area contributed by atoms with Gasteiger partial charge in [0.25, 0.3) is 0 Å². The van der Waals surface area contributed by atoms with Gasteiger partial charge in [0.05, 0.1) is 0 Å². The highest BCUT2D eigenvalue weighted by Crippen LogP contribution is 2.13. The van der Waals surface area contributed by atoms with Gasteiger partial charge < -0.3 is 14.9 Å². The summed E-state index contributed by atoms with van der Waals surface area (Å²) in [4.78, 5) is 24.4. The van der Waals surface area contributed by atoms with E-state index in [4.69, 9.17) is 4.74 Å². The zero-order valence-corrected chi connectivity index (χ0v) is 9.17. The molecule has 7 heteroatoms. The maximum Gasteiger partial charge on any atom is 0.434 e. The molecule has 0 unspecified atom stereocenters. The Balaban J connectivity index is 2.78. The fourth-order valence-corrected chi connectivity index (χ4v) is 1.35. The Morgan fingerprint density at radius 3 is 2.88 bits per heavy atom. The number of imidazole rings is 1. The molecule has 1 aromatic rings. The number of aryl methyl sites for hydroxylation is 1. The van der Waals surface area contributed by atoms with E-state index in [1.54, 1.807) is 0 Å². The van der Waals surface area contributed by atoms with Crippen molar-refractivity contribution >= 4 is 11.9 Å². The van der Waals surface area contributed by atoms with Gasteiger partial charge in [0, 0.05) is 13.3 Å². The third kappa shape index (κ3) is 2.78. The summed E-state index contributed by atoms with van der Waals surface area (Å²) in [5, 5.41) is 10.7. The van der Waals surface area contributed by atoms with E-state index < -0.39 is 10.9 Å². The predicted molar refractivity (Wildman–Crippen MR) is 54.9 cm³/mol. The van der Waals surface area contributed by atoms with E-state index >= 15 is 0 Å². The van der Waals surface area contributed by atoms with E-state index in [0.717, 1.165) is 5.69 Å². The summed E-state index contributed by atoms with van der Waals surface area (Å²) in [5.41, 5.74) is 0.749. The van der Waals surface area contributed by atoms with Crippen LogP contribution in [0, 0.1) is 10.1 Å². The zero-order chi connectivity index (χ0) is 12.1. The van der Waals surface area contributed by atoms with Gasteiger partial charge in [-0.05, 0) is 4.92 Å². The van der Waals surface area contributed by atoms with Gasteiger partial charge in [-0.15, -0.1) is 0 Å². The number of nitro groups is 1. The first-order valence-electron chi connectivity index (χ1n) is 4.88. The molecule has 0 N–H and O–H groups in total. The number of carbonyl (C=O) groups is 1. The molecule has 0 atom stereocenters. The van der Waals surface area contributed by atoms with E-state index in [1.807, 2.05) is 6.92 Å². The first-order valence-corrected chi connectivity index (χ1v) is 4.88. The lowest BCUT2D eigenvalue weighted by atomic mass is 10.3. The van der Waals surface area contributed by atoms with Crippen LogP contribution in [0.5, 0.6) is 0 Å². The van der Waals surface area contributed by atoms with Crippen LogP contribution in [0.15, 0.2) is 6.20 Å². The second-order valence-electron chi connectivity index (χ2n) is 3.15. The largest absolute Gasteiger partial charge is 0.462 e. The van der Waals surface area contributed by atoms with Gasteiger partial charge in [0.15, 0.2) is 0 Å². The molecule has 0 amide bonds. The average molecular weight is 227 g/mol. The zero-order valence-electron chi connectivity index (χ0n) is 9.17. The van der Waals surface area contributed by atoms with Crippen LogP contribution in [0.2, 0.25) is 0 Å². The Kier molecular flexibility index (Phi) is 3.98. The van der Waals surface area contributed by atoms with Crippen molar-refractivity contribution in [2.45, 2.75) is 26.8 Å². The van der Waals surface area contributed by atoms with Gasteiger partial charge >= 0.3 is 11.9 Å². The maximum absolute atomic E-state index is 10.7. The Hall–Kier alpha value is -1.92. The first-order chi connectivity index (χ1) is 7.56. The highest BCUT2D eigenvalue weighted by molar-refractivity contribution is 5.65. The van der Waals surface area contributed by atoms with Crippen LogP contribution in [0.1, 0.15) is 19.5 Å². The van der Waals surface area contributed by atoms with Crippen LogP contribution in [0.3, 0.4) is 0 Å². The molecule has 0 aromatic carbocycles. The molecule has 0 radical (unpaired) electrons. The number of carbonyl (C=O) groups excluding carboxylic acids is 1. The van der Waals surface area contributed by atoms with E-state index in [2.05, 4.69) is 4.98 Å². The minimum atomic E-state index is -0.549. The average Bonchev–Trinajstić information content (AvgIpc) is 2.60. The molecule has 16 heavy (non-hydrogen) atoms. The molecule has 1 rings (SSSR count). The lowest BCUT2D eigenvalue weighted by Gasteiger charge is -2.04. The van der Waals surface area contributed by atoms with Crippen molar-refractivity contribution < 1.29 is 14.5 Å². The number of ether oxygens (including phenoxy) is 1. The van der Waals surface area contributed by atoms with Crippen LogP contribution in [0.25, 0.3) is 0 Å². The van der Waals surface area contributed by atoms with Gasteiger partial charge in [-0.3, -0.25) is 4.79 Å². The number of rotatable bonds is 5. The van der Waals surface area contributed by atoms with Gasteiger partial charge in [-0.1, -0.05) is 11.9 Å². The van der Waals surface area contributed by atoms with E-state index in [9.17, 15) is 14.9 Å². The van der Waals surface area contributed by atoms with E-state index in [-0.39, 0.29) is 19.1 Å². The second kappa shape index (κ2) is 5.24. The fourth-order valence-electron chi connectivity index (χ4n) is 1.35. The topological polar surface area (TPSA) is 87.3 Å². The number of esters is 1. The van der Waals surface area contributed by atoms with Crippen molar-refractivity contribution in [1.29, 1.82) is 0 Å². The Morgan fingerprint density at radius 1 is 1.69 bits per heavy atom. The first kappa shape index (κ1) is 12.2. The van der Waals surface area contributed by atoms with Crippen molar-refractivity contribution in [2.75, 3.05) is 6.61 Å². The summed E-state index contributed by atoms with van der Waals surface area (Å²) in [6.07, 6.45) is 2.10. The highest BCUT2D eigenvalue weighted by atomic mass is 16.6. The van der Waals surface area contributed by atoms with Crippen molar-refractivity contribution in [2.24, 2.45) is 0 Å². The monoisotopic (exact) mass is 227 g/mol. The lowest BCUT2D eigenvalue weighted by molar-refractivity contribution is -0.396. The Labute approximate surface area is 92.2 Å². The van der Waals surface area contributed by atoms with Gasteiger partial charge in [0.1, 0.15) is 25.0 Å². The molecular weight excluding hydrogens is 214 g/mol. The normalized spacial score (nSPS) is 10.1. The third-order valence-corrected chi connectivity index (χ3v) is 2.06. The summed E-state index contributed by atoms with van der Waals surface area (Å²) in [6.45, 7) is 3.53. The highest BCUT2D eigenvalue weighted by Gasteiger charge is 2.19. The van der Waals surface area contributed by atoms with Crippen LogP contribution in [0.4, 0.5) is 5.95 Å². The van der Waals surface area contributed by atoms with Crippen LogP contribution < -0.4 is 0 Å². The molecule has 1 heterocycles. The number of aromatic nitrogens is 2. The SMILES string of the molecule is CCc1cnc([N+](=O)[O-])n1CCOC(C)=O. The number of hydrogen-bond donors (Lipinski definition) is 0. The van der Waals surface area contributed by atoms with Crippen LogP contribution >= 0.6 is 0 Å². The van der Waals surface area contributed by atoms with E-state index in [1.165, 1.54) is 17.7 Å². The number of hydrogen-bond acceptors (Lipinski definition) is 5. The van der Waals surface area contributed by atoms with E-state index in [0.29, 0.717) is 6.42 Å². The molecule has 0 aliphatic rings. The summed E-state index contributed by atoms with van der Waals surface area (Å²) >= 11 is 0. The number of nitrogens with zero attached hydrogens (tertiary/aromatic N) is 3.